The predicted octanol–water partition coefficient (Wildman–Crippen LogP) is 1.77. The summed E-state index contributed by atoms with van der Waals surface area (Å²) >= 11 is 0. The normalized spacial score (nSPS) is 32.6. The number of amides is 1. The van der Waals surface area contributed by atoms with Crippen LogP contribution in [-0.4, -0.2) is 68.1 Å². The van der Waals surface area contributed by atoms with Gasteiger partial charge in [0, 0.05) is 51.2 Å². The summed E-state index contributed by atoms with van der Waals surface area (Å²) in [6.07, 6.45) is 5.78. The van der Waals surface area contributed by atoms with Crippen molar-refractivity contribution >= 4 is 43.1 Å². The van der Waals surface area contributed by atoms with Gasteiger partial charge in [-0.15, -0.1) is 37.2 Å². The van der Waals surface area contributed by atoms with E-state index in [0.717, 1.165) is 52.1 Å². The van der Waals surface area contributed by atoms with Gasteiger partial charge in [0.15, 0.2) is 0 Å². The van der Waals surface area contributed by atoms with Crippen LogP contribution in [0.25, 0.3) is 0 Å². The van der Waals surface area contributed by atoms with Crippen molar-refractivity contribution in [3.05, 3.63) is 0 Å². The van der Waals surface area contributed by atoms with Gasteiger partial charge in [0.25, 0.3) is 0 Å². The van der Waals surface area contributed by atoms with E-state index in [1.54, 1.807) is 0 Å². The molecule has 0 spiro atoms. The van der Waals surface area contributed by atoms with Gasteiger partial charge in [0.1, 0.15) is 0 Å². The zero-order valence-corrected chi connectivity index (χ0v) is 17.6. The predicted molar refractivity (Wildman–Crippen MR) is 110 cm³/mol. The number of nitrogens with one attached hydrogen (secondary N) is 1. The molecule has 3 aliphatic rings. The van der Waals surface area contributed by atoms with Crippen LogP contribution in [-0.2, 0) is 4.79 Å². The fourth-order valence-corrected chi connectivity index (χ4v) is 4.56. The summed E-state index contributed by atoms with van der Waals surface area (Å²) in [5.74, 6) is 1.65. The molecule has 8 heteroatoms. The lowest BCUT2D eigenvalue weighted by atomic mass is 9.65. The number of likely N-dealkylation sites (N-methyl/N-ethyl adjacent to an activating group) is 1. The van der Waals surface area contributed by atoms with Crippen LogP contribution in [0.3, 0.4) is 0 Å². The topological polar surface area (TPSA) is 61.6 Å². The average molecular weight is 418 g/mol. The Hall–Kier alpha value is 0.220. The zero-order chi connectivity index (χ0) is 15.5. The number of nitrogens with zero attached hydrogens (tertiary/aromatic N) is 2. The van der Waals surface area contributed by atoms with E-state index in [1.807, 2.05) is 0 Å². The van der Waals surface area contributed by atoms with Gasteiger partial charge in [-0.2, -0.15) is 0 Å². The Bertz CT molecular complexity index is 380. The van der Waals surface area contributed by atoms with Crippen molar-refractivity contribution in [1.29, 1.82) is 0 Å². The summed E-state index contributed by atoms with van der Waals surface area (Å²) in [5, 5.41) is 3.18. The molecule has 0 radical (unpaired) electrons. The van der Waals surface area contributed by atoms with E-state index in [1.165, 1.54) is 19.3 Å². The van der Waals surface area contributed by atoms with Crippen molar-refractivity contribution in [1.82, 2.24) is 15.1 Å². The fourth-order valence-electron chi connectivity index (χ4n) is 4.56. The molecule has 2 bridgehead atoms. The monoisotopic (exact) mass is 416 g/mol. The van der Waals surface area contributed by atoms with E-state index in [-0.39, 0.29) is 49.0 Å². The van der Waals surface area contributed by atoms with Crippen molar-refractivity contribution in [2.75, 3.05) is 46.3 Å². The molecule has 1 amide bonds. The Morgan fingerprint density at radius 2 is 1.60 bits per heavy atom. The molecular weight excluding hydrogens is 383 g/mol. The van der Waals surface area contributed by atoms with E-state index in [9.17, 15) is 4.79 Å². The Morgan fingerprint density at radius 3 is 2.16 bits per heavy atom. The lowest BCUT2D eigenvalue weighted by Gasteiger charge is -2.43. The molecule has 1 aliphatic heterocycles. The molecule has 150 valence electrons. The van der Waals surface area contributed by atoms with Gasteiger partial charge in [-0.1, -0.05) is 6.42 Å². The lowest BCUT2D eigenvalue weighted by Crippen LogP contribution is -2.50. The van der Waals surface area contributed by atoms with Crippen molar-refractivity contribution in [3.8, 4) is 0 Å². The number of halogens is 3. The maximum absolute atomic E-state index is 12.5. The minimum absolute atomic E-state index is 0. The largest absolute Gasteiger partial charge is 0.355 e. The third-order valence-electron chi connectivity index (χ3n) is 6.11. The third kappa shape index (κ3) is 6.71. The van der Waals surface area contributed by atoms with Crippen molar-refractivity contribution < 1.29 is 4.79 Å². The molecule has 1 saturated heterocycles. The quantitative estimate of drug-likeness (QED) is 0.732. The molecule has 0 aromatic rings. The van der Waals surface area contributed by atoms with Crippen LogP contribution in [0.1, 0.15) is 32.1 Å². The fraction of sp³-hybridized carbons (Fsp3) is 0.941. The molecule has 0 aromatic carbocycles. The van der Waals surface area contributed by atoms with Gasteiger partial charge in [-0.05, 0) is 44.6 Å². The van der Waals surface area contributed by atoms with Crippen LogP contribution in [0.2, 0.25) is 0 Å². The number of hydrogen-bond donors (Lipinski definition) is 2. The van der Waals surface area contributed by atoms with Gasteiger partial charge in [0.2, 0.25) is 5.91 Å². The number of piperazine rings is 1. The van der Waals surface area contributed by atoms with E-state index in [4.69, 9.17) is 5.73 Å². The molecule has 3 rings (SSSR count). The van der Waals surface area contributed by atoms with Crippen LogP contribution in [0, 0.1) is 17.8 Å². The van der Waals surface area contributed by atoms with E-state index in [0.29, 0.717) is 17.9 Å². The molecule has 25 heavy (non-hydrogen) atoms. The second-order valence-electron chi connectivity index (χ2n) is 7.63. The summed E-state index contributed by atoms with van der Waals surface area (Å²) in [6, 6.07) is 0.350. The maximum atomic E-state index is 12.5. The minimum Gasteiger partial charge on any atom is -0.355 e. The first-order valence-corrected chi connectivity index (χ1v) is 9.07. The highest BCUT2D eigenvalue weighted by atomic mass is 35.5. The van der Waals surface area contributed by atoms with Gasteiger partial charge in [-0.25, -0.2) is 0 Å². The van der Waals surface area contributed by atoms with Crippen LogP contribution in [0.4, 0.5) is 0 Å². The molecule has 2 unspecified atom stereocenters. The number of carbonyl (C=O) groups is 1. The molecular formula is C17H35Cl3N4O. The maximum Gasteiger partial charge on any atom is 0.223 e. The van der Waals surface area contributed by atoms with Crippen molar-refractivity contribution in [2.45, 2.75) is 38.1 Å². The summed E-state index contributed by atoms with van der Waals surface area (Å²) in [6.45, 7) is 6.29. The highest BCUT2D eigenvalue weighted by Gasteiger charge is 2.40. The van der Waals surface area contributed by atoms with E-state index in [2.05, 4.69) is 22.2 Å². The zero-order valence-electron chi connectivity index (χ0n) is 15.2. The Morgan fingerprint density at radius 1 is 1.04 bits per heavy atom. The molecule has 0 aromatic heterocycles. The third-order valence-corrected chi connectivity index (χ3v) is 6.11. The van der Waals surface area contributed by atoms with Crippen LogP contribution in [0.15, 0.2) is 0 Å². The second-order valence-corrected chi connectivity index (χ2v) is 7.63. The number of rotatable bonds is 4. The van der Waals surface area contributed by atoms with Crippen LogP contribution >= 0.6 is 37.2 Å². The lowest BCUT2D eigenvalue weighted by molar-refractivity contribution is -0.127. The van der Waals surface area contributed by atoms with Gasteiger partial charge in [-0.3, -0.25) is 9.69 Å². The smallest absolute Gasteiger partial charge is 0.223 e. The van der Waals surface area contributed by atoms with Gasteiger partial charge < -0.3 is 16.0 Å². The van der Waals surface area contributed by atoms with Gasteiger partial charge >= 0.3 is 0 Å². The average Bonchev–Trinajstić information content (AvgIpc) is 2.49. The summed E-state index contributed by atoms with van der Waals surface area (Å²) in [5.41, 5.74) is 6.31. The SMILES string of the molecule is CN1CCN(CCNC(=O)C2CC3CCCC(C2)C3N)CC1.Cl.Cl.Cl. The van der Waals surface area contributed by atoms with Crippen LogP contribution < -0.4 is 11.1 Å². The van der Waals surface area contributed by atoms with Crippen LogP contribution in [0.5, 0.6) is 0 Å². The Balaban J connectivity index is 0.00000192. The summed E-state index contributed by atoms with van der Waals surface area (Å²) in [4.78, 5) is 17.3. The highest BCUT2D eigenvalue weighted by Crippen LogP contribution is 2.41. The molecule has 2 atom stereocenters. The Kier molecular flexibility index (Phi) is 11.9. The van der Waals surface area contributed by atoms with Crippen molar-refractivity contribution in [2.24, 2.45) is 23.5 Å². The molecule has 2 saturated carbocycles. The first kappa shape index (κ1) is 25.2. The minimum atomic E-state index is 0. The summed E-state index contributed by atoms with van der Waals surface area (Å²) < 4.78 is 0. The molecule has 1 heterocycles. The first-order valence-electron chi connectivity index (χ1n) is 9.07. The standard InChI is InChI=1S/C17H32N4O.3ClH/c1-20-7-9-21(10-8-20)6-5-19-17(22)15-11-13-3-2-4-14(12-15)16(13)18;;;/h13-16H,2-12,18H2,1H3,(H,19,22);3*1H. The van der Waals surface area contributed by atoms with Gasteiger partial charge in [0.05, 0.1) is 0 Å². The highest BCUT2D eigenvalue weighted by molar-refractivity contribution is 5.86. The number of fused-ring (bicyclic) bond motifs is 2. The molecule has 5 nitrogen and oxygen atoms in total. The Labute approximate surface area is 171 Å². The van der Waals surface area contributed by atoms with E-state index < -0.39 is 0 Å². The molecule has 3 N–H and O–H groups in total. The first-order chi connectivity index (χ1) is 10.6. The number of hydrogen-bond acceptors (Lipinski definition) is 4. The van der Waals surface area contributed by atoms with Crippen molar-refractivity contribution in [3.63, 3.8) is 0 Å². The summed E-state index contributed by atoms with van der Waals surface area (Å²) in [7, 11) is 2.17. The van der Waals surface area contributed by atoms with E-state index >= 15 is 0 Å². The number of carbonyl (C=O) groups excluding carboxylic acids is 1. The molecule has 3 fully saturated rings. The molecule has 2 aliphatic carbocycles. The number of nitrogens with two attached hydrogens (primary N) is 1. The second kappa shape index (κ2) is 11.8.